The zero-order valence-electron chi connectivity index (χ0n) is 7.20. The summed E-state index contributed by atoms with van der Waals surface area (Å²) in [5, 5.41) is 0. The maximum absolute atomic E-state index is 4.32. The average Bonchev–Trinajstić information content (AvgIpc) is 2.19. The Kier molecular flexibility index (Phi) is 2.60. The lowest BCUT2D eigenvalue weighted by molar-refractivity contribution is 1.04. The first-order valence-electron chi connectivity index (χ1n) is 4.34. The SMILES string of the molecule is BrC1=CCCC(c2ccccn2)=C1. The number of nitrogens with zero attached hydrogens (tertiary/aromatic N) is 1. The van der Waals surface area contributed by atoms with Gasteiger partial charge < -0.3 is 0 Å². The Morgan fingerprint density at radius 2 is 2.23 bits per heavy atom. The van der Waals surface area contributed by atoms with Crippen LogP contribution in [0, 0.1) is 0 Å². The number of aromatic nitrogens is 1. The highest BCUT2D eigenvalue weighted by Gasteiger charge is 2.06. The zero-order chi connectivity index (χ0) is 9.10. The molecule has 13 heavy (non-hydrogen) atoms. The Balaban J connectivity index is 2.32. The number of hydrogen-bond acceptors (Lipinski definition) is 1. The summed E-state index contributed by atoms with van der Waals surface area (Å²) in [5.41, 5.74) is 2.41. The van der Waals surface area contributed by atoms with E-state index >= 15 is 0 Å². The number of hydrogen-bond donors (Lipinski definition) is 0. The standard InChI is InChI=1S/C11H10BrN/c12-10-5-3-4-9(8-10)11-6-1-2-7-13-11/h1-2,5-8H,3-4H2. The predicted molar refractivity (Wildman–Crippen MR) is 58.5 cm³/mol. The van der Waals surface area contributed by atoms with Gasteiger partial charge in [-0.05, 0) is 36.6 Å². The summed E-state index contributed by atoms with van der Waals surface area (Å²) in [4.78, 5) is 4.32. The van der Waals surface area contributed by atoms with Crippen LogP contribution in [0.15, 0.2) is 41.0 Å². The lowest BCUT2D eigenvalue weighted by Crippen LogP contribution is -1.91. The fraction of sp³-hybridized carbons (Fsp3) is 0.182. The molecular formula is C11H10BrN. The molecule has 1 heterocycles. The van der Waals surface area contributed by atoms with E-state index < -0.39 is 0 Å². The van der Waals surface area contributed by atoms with Gasteiger partial charge in [-0.1, -0.05) is 28.1 Å². The van der Waals surface area contributed by atoms with Crippen LogP contribution in [0.5, 0.6) is 0 Å². The summed E-state index contributed by atoms with van der Waals surface area (Å²) >= 11 is 3.48. The van der Waals surface area contributed by atoms with Crippen molar-refractivity contribution in [1.82, 2.24) is 4.98 Å². The first-order chi connectivity index (χ1) is 6.36. The van der Waals surface area contributed by atoms with Crippen LogP contribution in [0.3, 0.4) is 0 Å². The van der Waals surface area contributed by atoms with Crippen molar-refractivity contribution in [3.8, 4) is 0 Å². The summed E-state index contributed by atoms with van der Waals surface area (Å²) in [6.07, 6.45) is 8.36. The van der Waals surface area contributed by atoms with Crippen molar-refractivity contribution in [2.24, 2.45) is 0 Å². The van der Waals surface area contributed by atoms with Crippen molar-refractivity contribution in [2.45, 2.75) is 12.8 Å². The monoisotopic (exact) mass is 235 g/mol. The van der Waals surface area contributed by atoms with Gasteiger partial charge in [0.2, 0.25) is 0 Å². The highest BCUT2D eigenvalue weighted by molar-refractivity contribution is 9.11. The van der Waals surface area contributed by atoms with E-state index in [0.29, 0.717) is 0 Å². The molecule has 0 fully saturated rings. The number of pyridine rings is 1. The van der Waals surface area contributed by atoms with Gasteiger partial charge in [-0.2, -0.15) is 0 Å². The Morgan fingerprint density at radius 3 is 2.92 bits per heavy atom. The fourth-order valence-electron chi connectivity index (χ4n) is 1.42. The Labute approximate surface area is 86.3 Å². The van der Waals surface area contributed by atoms with Gasteiger partial charge in [0.15, 0.2) is 0 Å². The van der Waals surface area contributed by atoms with Gasteiger partial charge in [0.25, 0.3) is 0 Å². The lowest BCUT2D eigenvalue weighted by Gasteiger charge is -2.09. The topological polar surface area (TPSA) is 12.9 Å². The van der Waals surface area contributed by atoms with Crippen LogP contribution in [-0.4, -0.2) is 4.98 Å². The van der Waals surface area contributed by atoms with Crippen LogP contribution >= 0.6 is 15.9 Å². The third-order valence-electron chi connectivity index (χ3n) is 2.06. The smallest absolute Gasteiger partial charge is 0.0662 e. The largest absolute Gasteiger partial charge is 0.257 e. The van der Waals surface area contributed by atoms with Crippen molar-refractivity contribution in [2.75, 3.05) is 0 Å². The van der Waals surface area contributed by atoms with Crippen LogP contribution in [-0.2, 0) is 0 Å². The lowest BCUT2D eigenvalue weighted by atomic mass is 10.0. The molecule has 0 aliphatic heterocycles. The van der Waals surface area contributed by atoms with E-state index in [1.807, 2.05) is 18.3 Å². The molecule has 0 aromatic carbocycles. The van der Waals surface area contributed by atoms with E-state index in [1.54, 1.807) is 0 Å². The maximum atomic E-state index is 4.32. The van der Waals surface area contributed by atoms with Crippen LogP contribution < -0.4 is 0 Å². The first kappa shape index (κ1) is 8.70. The average molecular weight is 236 g/mol. The first-order valence-corrected chi connectivity index (χ1v) is 5.13. The van der Waals surface area contributed by atoms with E-state index in [0.717, 1.165) is 18.5 Å². The second-order valence-electron chi connectivity index (χ2n) is 3.01. The van der Waals surface area contributed by atoms with Gasteiger partial charge in [-0.3, -0.25) is 4.98 Å². The minimum absolute atomic E-state index is 1.09. The molecule has 1 nitrogen and oxygen atoms in total. The van der Waals surface area contributed by atoms with Gasteiger partial charge in [0.05, 0.1) is 5.69 Å². The molecule has 1 aromatic rings. The zero-order valence-corrected chi connectivity index (χ0v) is 8.79. The minimum Gasteiger partial charge on any atom is -0.257 e. The summed E-state index contributed by atoms with van der Waals surface area (Å²) in [7, 11) is 0. The number of rotatable bonds is 1. The second-order valence-corrected chi connectivity index (χ2v) is 3.93. The Hall–Kier alpha value is -0.890. The summed E-state index contributed by atoms with van der Waals surface area (Å²) in [5.74, 6) is 0. The van der Waals surface area contributed by atoms with Gasteiger partial charge in [-0.25, -0.2) is 0 Å². The molecule has 0 spiro atoms. The molecule has 1 aromatic heterocycles. The summed E-state index contributed by atoms with van der Waals surface area (Å²) in [6.45, 7) is 0. The molecule has 0 atom stereocenters. The van der Waals surface area contributed by atoms with Crippen molar-refractivity contribution < 1.29 is 0 Å². The van der Waals surface area contributed by atoms with Crippen molar-refractivity contribution in [1.29, 1.82) is 0 Å². The van der Waals surface area contributed by atoms with Crippen molar-refractivity contribution in [3.05, 3.63) is 46.7 Å². The molecule has 0 radical (unpaired) electrons. The summed E-state index contributed by atoms with van der Waals surface area (Å²) < 4.78 is 1.17. The molecule has 0 unspecified atom stereocenters. The maximum Gasteiger partial charge on any atom is 0.0662 e. The van der Waals surface area contributed by atoms with Gasteiger partial charge >= 0.3 is 0 Å². The molecule has 0 bridgehead atoms. The van der Waals surface area contributed by atoms with E-state index in [4.69, 9.17) is 0 Å². The fourth-order valence-corrected chi connectivity index (χ4v) is 1.92. The molecule has 1 aliphatic carbocycles. The molecule has 0 saturated carbocycles. The van der Waals surface area contributed by atoms with E-state index in [-0.39, 0.29) is 0 Å². The molecular weight excluding hydrogens is 226 g/mol. The van der Waals surface area contributed by atoms with Crippen molar-refractivity contribution >= 4 is 21.5 Å². The number of allylic oxidation sites excluding steroid dienone is 4. The normalized spacial score (nSPS) is 16.4. The Bertz CT molecular complexity index is 352. The van der Waals surface area contributed by atoms with Crippen LogP contribution in [0.2, 0.25) is 0 Å². The predicted octanol–water partition coefficient (Wildman–Crippen LogP) is 3.54. The third-order valence-corrected chi connectivity index (χ3v) is 2.61. The van der Waals surface area contributed by atoms with Gasteiger partial charge in [0, 0.05) is 10.7 Å². The molecule has 0 N–H and O–H groups in total. The summed E-state index contributed by atoms with van der Waals surface area (Å²) in [6, 6.07) is 6.02. The highest BCUT2D eigenvalue weighted by atomic mass is 79.9. The third kappa shape index (κ3) is 2.07. The Morgan fingerprint density at radius 1 is 1.31 bits per heavy atom. The van der Waals surface area contributed by atoms with Crippen LogP contribution in [0.4, 0.5) is 0 Å². The van der Waals surface area contributed by atoms with Crippen LogP contribution in [0.1, 0.15) is 18.5 Å². The van der Waals surface area contributed by atoms with Gasteiger partial charge in [-0.15, -0.1) is 0 Å². The second kappa shape index (κ2) is 3.88. The molecule has 2 heteroatoms. The highest BCUT2D eigenvalue weighted by Crippen LogP contribution is 2.27. The van der Waals surface area contributed by atoms with E-state index in [9.17, 15) is 0 Å². The van der Waals surface area contributed by atoms with Gasteiger partial charge in [0.1, 0.15) is 0 Å². The quantitative estimate of drug-likeness (QED) is 0.726. The molecule has 0 amide bonds. The molecule has 2 rings (SSSR count). The minimum atomic E-state index is 1.09. The molecule has 0 saturated heterocycles. The van der Waals surface area contributed by atoms with Crippen molar-refractivity contribution in [3.63, 3.8) is 0 Å². The van der Waals surface area contributed by atoms with Crippen LogP contribution in [0.25, 0.3) is 5.57 Å². The molecule has 1 aliphatic rings. The number of halogens is 1. The molecule has 66 valence electrons. The van der Waals surface area contributed by atoms with E-state index in [2.05, 4.69) is 39.1 Å². The van der Waals surface area contributed by atoms with E-state index in [1.165, 1.54) is 10.1 Å².